The Bertz CT molecular complexity index is 767. The first kappa shape index (κ1) is 22.7. The lowest BCUT2D eigenvalue weighted by molar-refractivity contribution is -0.145. The lowest BCUT2D eigenvalue weighted by Crippen LogP contribution is -2.41. The van der Waals surface area contributed by atoms with E-state index in [0.29, 0.717) is 25.4 Å². The molecule has 1 aromatic carbocycles. The van der Waals surface area contributed by atoms with Crippen molar-refractivity contribution >= 4 is 23.9 Å². The van der Waals surface area contributed by atoms with Crippen LogP contribution in [0.15, 0.2) is 29.4 Å². The summed E-state index contributed by atoms with van der Waals surface area (Å²) in [5.74, 6) is -0.921. The SMILES string of the molecule is O=C(COc1ccc(/C=N\NC(=O)C(=O)N2CCCCCC2)cc1)NC[C@@H]1CCCO1. The van der Waals surface area contributed by atoms with Gasteiger partial charge in [0.2, 0.25) is 0 Å². The number of benzene rings is 1. The maximum Gasteiger partial charge on any atom is 0.329 e. The molecule has 0 saturated carbocycles. The summed E-state index contributed by atoms with van der Waals surface area (Å²) in [6.45, 7) is 2.41. The number of carbonyl (C=O) groups is 3. The van der Waals surface area contributed by atoms with Crippen LogP contribution >= 0.6 is 0 Å². The fourth-order valence-corrected chi connectivity index (χ4v) is 3.51. The minimum absolute atomic E-state index is 0.0746. The first-order valence-electron chi connectivity index (χ1n) is 10.9. The Morgan fingerprint density at radius 2 is 1.84 bits per heavy atom. The number of nitrogens with one attached hydrogen (secondary N) is 2. The van der Waals surface area contributed by atoms with E-state index in [9.17, 15) is 14.4 Å². The van der Waals surface area contributed by atoms with E-state index in [1.165, 1.54) is 6.21 Å². The van der Waals surface area contributed by atoms with Crippen molar-refractivity contribution in [1.82, 2.24) is 15.6 Å². The van der Waals surface area contributed by atoms with Gasteiger partial charge >= 0.3 is 11.8 Å². The maximum absolute atomic E-state index is 12.2. The molecule has 3 amide bonds. The van der Waals surface area contributed by atoms with Crippen molar-refractivity contribution in [3.8, 4) is 5.75 Å². The molecule has 2 saturated heterocycles. The molecule has 0 unspecified atom stereocenters. The highest BCUT2D eigenvalue weighted by molar-refractivity contribution is 6.35. The summed E-state index contributed by atoms with van der Waals surface area (Å²) in [7, 11) is 0. The van der Waals surface area contributed by atoms with Crippen molar-refractivity contribution in [3.63, 3.8) is 0 Å². The molecule has 2 aliphatic rings. The van der Waals surface area contributed by atoms with Crippen LogP contribution in [-0.4, -0.2) is 67.8 Å². The van der Waals surface area contributed by atoms with Crippen molar-refractivity contribution in [3.05, 3.63) is 29.8 Å². The molecule has 9 heteroatoms. The summed E-state index contributed by atoms with van der Waals surface area (Å²) in [6.07, 6.45) is 7.57. The molecule has 9 nitrogen and oxygen atoms in total. The van der Waals surface area contributed by atoms with Crippen LogP contribution in [0.25, 0.3) is 0 Å². The van der Waals surface area contributed by atoms with Crippen molar-refractivity contribution in [2.24, 2.45) is 5.10 Å². The van der Waals surface area contributed by atoms with Crippen LogP contribution in [0.1, 0.15) is 44.1 Å². The number of rotatable bonds is 7. The van der Waals surface area contributed by atoms with Gasteiger partial charge in [-0.2, -0.15) is 5.10 Å². The fraction of sp³-hybridized carbons (Fsp3) is 0.545. The molecule has 0 aliphatic carbocycles. The number of ether oxygens (including phenoxy) is 2. The topological polar surface area (TPSA) is 109 Å². The normalized spacial score (nSPS) is 19.1. The monoisotopic (exact) mass is 430 g/mol. The van der Waals surface area contributed by atoms with Crippen LogP contribution in [0.5, 0.6) is 5.75 Å². The number of likely N-dealkylation sites (tertiary alicyclic amines) is 1. The summed E-state index contributed by atoms with van der Waals surface area (Å²) >= 11 is 0. The Kier molecular flexibility index (Phi) is 8.84. The molecule has 2 heterocycles. The zero-order valence-corrected chi connectivity index (χ0v) is 17.7. The third kappa shape index (κ3) is 7.67. The van der Waals surface area contributed by atoms with Gasteiger partial charge in [0.25, 0.3) is 5.91 Å². The first-order valence-corrected chi connectivity index (χ1v) is 10.9. The second kappa shape index (κ2) is 12.0. The Morgan fingerprint density at radius 1 is 1.10 bits per heavy atom. The van der Waals surface area contributed by atoms with E-state index in [2.05, 4.69) is 15.8 Å². The van der Waals surface area contributed by atoms with E-state index in [0.717, 1.165) is 50.7 Å². The molecule has 1 atom stereocenters. The standard InChI is InChI=1S/C22H30N4O5/c27-20(23-15-19-6-5-13-30-19)16-31-18-9-7-17(8-10-18)14-24-25-21(28)22(29)26-11-3-1-2-4-12-26/h7-10,14,19H,1-6,11-13,15-16H2,(H,23,27)(H,25,28)/b24-14-/t19-/m0/s1. The Morgan fingerprint density at radius 3 is 2.52 bits per heavy atom. The first-order chi connectivity index (χ1) is 15.1. The highest BCUT2D eigenvalue weighted by Crippen LogP contribution is 2.12. The zero-order valence-electron chi connectivity index (χ0n) is 17.7. The van der Waals surface area contributed by atoms with Crippen LogP contribution in [0.4, 0.5) is 0 Å². The summed E-state index contributed by atoms with van der Waals surface area (Å²) < 4.78 is 10.9. The van der Waals surface area contributed by atoms with E-state index in [1.807, 2.05) is 0 Å². The predicted molar refractivity (Wildman–Crippen MR) is 115 cm³/mol. The van der Waals surface area contributed by atoms with Crippen LogP contribution < -0.4 is 15.5 Å². The summed E-state index contributed by atoms with van der Waals surface area (Å²) in [6, 6.07) is 6.90. The molecule has 0 bridgehead atoms. The molecule has 2 N–H and O–H groups in total. The second-order valence-electron chi connectivity index (χ2n) is 7.70. The molecule has 1 aromatic rings. The smallest absolute Gasteiger partial charge is 0.329 e. The van der Waals surface area contributed by atoms with Crippen molar-refractivity contribution < 1.29 is 23.9 Å². The molecule has 31 heavy (non-hydrogen) atoms. The van der Waals surface area contributed by atoms with E-state index in [4.69, 9.17) is 9.47 Å². The van der Waals surface area contributed by atoms with Crippen LogP contribution in [-0.2, 0) is 19.1 Å². The highest BCUT2D eigenvalue weighted by atomic mass is 16.5. The van der Waals surface area contributed by atoms with E-state index in [1.54, 1.807) is 29.2 Å². The van der Waals surface area contributed by atoms with Crippen molar-refractivity contribution in [2.45, 2.75) is 44.6 Å². The van der Waals surface area contributed by atoms with Crippen molar-refractivity contribution in [2.75, 3.05) is 32.8 Å². The quantitative estimate of drug-likeness (QED) is 0.384. The van der Waals surface area contributed by atoms with Crippen LogP contribution in [0.2, 0.25) is 0 Å². The third-order valence-electron chi connectivity index (χ3n) is 5.27. The average molecular weight is 431 g/mol. The van der Waals surface area contributed by atoms with Crippen LogP contribution in [0.3, 0.4) is 0 Å². The van der Waals surface area contributed by atoms with Gasteiger partial charge in [0.15, 0.2) is 6.61 Å². The molecule has 2 aliphatic heterocycles. The fourth-order valence-electron chi connectivity index (χ4n) is 3.51. The Balaban J connectivity index is 1.37. The lowest BCUT2D eigenvalue weighted by Gasteiger charge is -2.18. The molecule has 168 valence electrons. The molecular weight excluding hydrogens is 400 g/mol. The highest BCUT2D eigenvalue weighted by Gasteiger charge is 2.22. The zero-order chi connectivity index (χ0) is 21.9. The summed E-state index contributed by atoms with van der Waals surface area (Å²) in [4.78, 5) is 37.6. The minimum Gasteiger partial charge on any atom is -0.484 e. The minimum atomic E-state index is -0.730. The molecule has 0 aromatic heterocycles. The number of nitrogens with zero attached hydrogens (tertiary/aromatic N) is 2. The van der Waals surface area contributed by atoms with E-state index < -0.39 is 11.8 Å². The number of carbonyl (C=O) groups excluding carboxylic acids is 3. The van der Waals surface area contributed by atoms with Gasteiger partial charge in [-0.25, -0.2) is 5.43 Å². The Labute approximate surface area is 182 Å². The molecule has 2 fully saturated rings. The van der Waals surface area contributed by atoms with Crippen LogP contribution in [0, 0.1) is 0 Å². The molecule has 3 rings (SSSR count). The van der Waals surface area contributed by atoms with Gasteiger partial charge in [0.05, 0.1) is 12.3 Å². The average Bonchev–Trinajstić information content (AvgIpc) is 3.17. The molecular formula is C22H30N4O5. The maximum atomic E-state index is 12.2. The number of amides is 3. The molecule has 0 radical (unpaired) electrons. The van der Waals surface area contributed by atoms with Gasteiger partial charge in [-0.3, -0.25) is 14.4 Å². The second-order valence-corrected chi connectivity index (χ2v) is 7.70. The number of hydrazone groups is 1. The van der Waals surface area contributed by atoms with Gasteiger partial charge < -0.3 is 19.7 Å². The van der Waals surface area contributed by atoms with Gasteiger partial charge in [-0.15, -0.1) is 0 Å². The Hall–Kier alpha value is -2.94. The van der Waals surface area contributed by atoms with E-state index in [-0.39, 0.29) is 18.6 Å². The van der Waals surface area contributed by atoms with Gasteiger partial charge in [0.1, 0.15) is 5.75 Å². The molecule has 0 spiro atoms. The van der Waals surface area contributed by atoms with E-state index >= 15 is 0 Å². The number of hydrogen-bond donors (Lipinski definition) is 2. The van der Waals surface area contributed by atoms with Crippen molar-refractivity contribution in [1.29, 1.82) is 0 Å². The largest absolute Gasteiger partial charge is 0.484 e. The predicted octanol–water partition coefficient (Wildman–Crippen LogP) is 1.21. The summed E-state index contributed by atoms with van der Waals surface area (Å²) in [5, 5.41) is 6.66. The van der Waals surface area contributed by atoms with Gasteiger partial charge in [0, 0.05) is 26.2 Å². The number of hydrogen-bond acceptors (Lipinski definition) is 6. The third-order valence-corrected chi connectivity index (χ3v) is 5.27. The van der Waals surface area contributed by atoms with Gasteiger partial charge in [-0.05, 0) is 55.5 Å². The van der Waals surface area contributed by atoms with Gasteiger partial charge in [-0.1, -0.05) is 12.8 Å². The summed E-state index contributed by atoms with van der Waals surface area (Å²) in [5.41, 5.74) is 3.01. The lowest BCUT2D eigenvalue weighted by atomic mass is 10.2.